The molecule has 0 radical (unpaired) electrons. The quantitative estimate of drug-likeness (QED) is 0.445. The highest BCUT2D eigenvalue weighted by molar-refractivity contribution is 7.80. The van der Waals surface area contributed by atoms with Crippen molar-refractivity contribution >= 4 is 23.0 Å². The van der Waals surface area contributed by atoms with E-state index in [9.17, 15) is 5.11 Å². The van der Waals surface area contributed by atoms with Crippen molar-refractivity contribution < 1.29 is 5.11 Å². The summed E-state index contributed by atoms with van der Waals surface area (Å²) >= 11 is 5.77. The highest BCUT2D eigenvalue weighted by Crippen LogP contribution is 2.45. The number of nitrogens with zero attached hydrogens (tertiary/aromatic N) is 4. The average Bonchev–Trinajstić information content (AvgIpc) is 3.30. The van der Waals surface area contributed by atoms with Crippen LogP contribution in [-0.4, -0.2) is 24.8 Å². The third-order valence-electron chi connectivity index (χ3n) is 5.91. The van der Waals surface area contributed by atoms with Crippen molar-refractivity contribution in [3.05, 3.63) is 102 Å². The van der Waals surface area contributed by atoms with Crippen LogP contribution in [0.3, 0.4) is 0 Å². The Bertz CT molecular complexity index is 1270. The number of aromatic nitrogens is 3. The van der Waals surface area contributed by atoms with Gasteiger partial charge in [-0.05, 0) is 74.1 Å². The zero-order chi connectivity index (χ0) is 22.2. The molecular formula is C25H23N5OS. The van der Waals surface area contributed by atoms with Crippen molar-refractivity contribution in [2.24, 2.45) is 0 Å². The summed E-state index contributed by atoms with van der Waals surface area (Å²) in [5, 5.41) is 14.7. The highest BCUT2D eigenvalue weighted by atomic mass is 32.1. The lowest BCUT2D eigenvalue weighted by molar-refractivity contribution is 0.472. The van der Waals surface area contributed by atoms with Crippen LogP contribution in [0.4, 0.5) is 5.69 Å². The van der Waals surface area contributed by atoms with Gasteiger partial charge in [-0.15, -0.1) is 0 Å². The fraction of sp³-hybridized carbons (Fsp3) is 0.160. The Morgan fingerprint density at radius 3 is 2.34 bits per heavy atom. The molecule has 0 saturated carbocycles. The normalized spacial score (nSPS) is 18.1. The van der Waals surface area contributed by atoms with Crippen LogP contribution in [0.25, 0.3) is 5.82 Å². The first-order valence-electron chi connectivity index (χ1n) is 10.4. The maximum absolute atomic E-state index is 10.7. The van der Waals surface area contributed by atoms with Gasteiger partial charge in [0.25, 0.3) is 0 Å². The topological polar surface area (TPSA) is 66.2 Å². The standard InChI is InChI=1S/C25H23N5OS/c1-16-15-18(17(2)29(16)22-12-6-8-14-27-22)24-23(19-9-5-7-13-26-19)28-25(32)30(24)20-10-3-4-11-21(20)31/h3-15,23-24,31H,1-2H3,(H,28,32)/t23-,24-/m1/s1. The lowest BCUT2D eigenvalue weighted by atomic mass is 9.96. The number of aryl methyl sites for hydroxylation is 1. The molecule has 0 aliphatic carbocycles. The monoisotopic (exact) mass is 441 g/mol. The van der Waals surface area contributed by atoms with Crippen LogP contribution in [0.15, 0.2) is 79.1 Å². The Morgan fingerprint density at radius 2 is 1.66 bits per heavy atom. The molecule has 7 heteroatoms. The summed E-state index contributed by atoms with van der Waals surface area (Å²) in [7, 11) is 0. The summed E-state index contributed by atoms with van der Waals surface area (Å²) in [6, 6.07) is 20.8. The summed E-state index contributed by atoms with van der Waals surface area (Å²) < 4.78 is 2.15. The summed E-state index contributed by atoms with van der Waals surface area (Å²) in [4.78, 5) is 11.2. The number of phenols is 1. The molecule has 4 heterocycles. The predicted molar refractivity (Wildman–Crippen MR) is 129 cm³/mol. The van der Waals surface area contributed by atoms with Crippen LogP contribution in [0.1, 0.15) is 34.7 Å². The first kappa shape index (κ1) is 20.2. The molecular weight excluding hydrogens is 418 g/mol. The second-order valence-electron chi connectivity index (χ2n) is 7.84. The molecule has 6 nitrogen and oxygen atoms in total. The van der Waals surface area contributed by atoms with Crippen molar-refractivity contribution in [1.82, 2.24) is 19.9 Å². The fourth-order valence-electron chi connectivity index (χ4n) is 4.52. The first-order valence-corrected chi connectivity index (χ1v) is 10.9. The maximum Gasteiger partial charge on any atom is 0.174 e. The second-order valence-corrected chi connectivity index (χ2v) is 8.22. The number of pyridine rings is 2. The number of aromatic hydroxyl groups is 1. The molecule has 0 spiro atoms. The molecule has 5 rings (SSSR count). The van der Waals surface area contributed by atoms with E-state index in [0.717, 1.165) is 28.5 Å². The molecule has 1 aliphatic heterocycles. The summed E-state index contributed by atoms with van der Waals surface area (Å²) in [5.41, 5.74) is 4.79. The van der Waals surface area contributed by atoms with Gasteiger partial charge in [-0.2, -0.15) is 0 Å². The number of benzene rings is 1. The number of para-hydroxylation sites is 2. The lowest BCUT2D eigenvalue weighted by Gasteiger charge is -2.28. The van der Waals surface area contributed by atoms with E-state index in [4.69, 9.17) is 12.2 Å². The molecule has 4 aromatic rings. The SMILES string of the molecule is Cc1cc([C@@H]2[C@@H](c3ccccn3)NC(=S)N2c2ccccc2O)c(C)n1-c1ccccn1. The van der Waals surface area contributed by atoms with Gasteiger partial charge >= 0.3 is 0 Å². The van der Waals surface area contributed by atoms with Crippen LogP contribution < -0.4 is 10.2 Å². The van der Waals surface area contributed by atoms with Gasteiger partial charge < -0.3 is 19.9 Å². The average molecular weight is 442 g/mol. The van der Waals surface area contributed by atoms with Crippen LogP contribution in [-0.2, 0) is 0 Å². The number of phenolic OH excluding ortho intramolecular Hbond substituents is 1. The predicted octanol–water partition coefficient (Wildman–Crippen LogP) is 4.77. The first-order chi connectivity index (χ1) is 15.6. The Labute approximate surface area is 192 Å². The minimum Gasteiger partial charge on any atom is -0.506 e. The van der Waals surface area contributed by atoms with Gasteiger partial charge in [-0.25, -0.2) is 4.98 Å². The Balaban J connectivity index is 1.70. The van der Waals surface area contributed by atoms with E-state index < -0.39 is 0 Å². The van der Waals surface area contributed by atoms with Crippen molar-refractivity contribution in [2.45, 2.75) is 25.9 Å². The van der Waals surface area contributed by atoms with Crippen molar-refractivity contribution in [3.63, 3.8) is 0 Å². The number of hydrogen-bond donors (Lipinski definition) is 2. The summed E-state index contributed by atoms with van der Waals surface area (Å²) in [6.45, 7) is 4.17. The number of thiocarbonyl (C=S) groups is 1. The van der Waals surface area contributed by atoms with Gasteiger partial charge in [0, 0.05) is 23.8 Å². The Kier molecular flexibility index (Phi) is 5.11. The van der Waals surface area contributed by atoms with Gasteiger partial charge in [0.2, 0.25) is 0 Å². The fourth-order valence-corrected chi connectivity index (χ4v) is 4.86. The van der Waals surface area contributed by atoms with Crippen molar-refractivity contribution in [1.29, 1.82) is 0 Å². The van der Waals surface area contributed by atoms with Gasteiger partial charge in [0.05, 0.1) is 23.5 Å². The molecule has 3 aromatic heterocycles. The molecule has 1 fully saturated rings. The molecule has 0 unspecified atom stereocenters. The second kappa shape index (κ2) is 8.09. The van der Waals surface area contributed by atoms with E-state index in [2.05, 4.69) is 39.8 Å². The third kappa shape index (κ3) is 3.31. The van der Waals surface area contributed by atoms with E-state index in [1.165, 1.54) is 0 Å². The zero-order valence-electron chi connectivity index (χ0n) is 17.8. The van der Waals surface area contributed by atoms with E-state index in [0.29, 0.717) is 10.8 Å². The number of hydrogen-bond acceptors (Lipinski definition) is 4. The minimum absolute atomic E-state index is 0.180. The molecule has 1 saturated heterocycles. The molecule has 0 amide bonds. The van der Waals surface area contributed by atoms with Crippen molar-refractivity contribution in [3.8, 4) is 11.6 Å². The van der Waals surface area contributed by atoms with E-state index in [1.54, 1.807) is 18.5 Å². The largest absolute Gasteiger partial charge is 0.506 e. The molecule has 160 valence electrons. The number of nitrogens with one attached hydrogen (secondary N) is 1. The Morgan fingerprint density at radius 1 is 0.938 bits per heavy atom. The molecule has 2 N–H and O–H groups in total. The van der Waals surface area contributed by atoms with Crippen LogP contribution in [0.2, 0.25) is 0 Å². The van der Waals surface area contributed by atoms with Gasteiger partial charge in [-0.3, -0.25) is 4.98 Å². The molecule has 1 aromatic carbocycles. The highest BCUT2D eigenvalue weighted by Gasteiger charge is 2.43. The Hall–Kier alpha value is -3.71. The van der Waals surface area contributed by atoms with Gasteiger partial charge in [0.15, 0.2) is 5.11 Å². The lowest BCUT2D eigenvalue weighted by Crippen LogP contribution is -2.29. The summed E-state index contributed by atoms with van der Waals surface area (Å²) in [5.74, 6) is 1.05. The molecule has 1 aliphatic rings. The van der Waals surface area contributed by atoms with Crippen LogP contribution in [0.5, 0.6) is 5.75 Å². The number of anilines is 1. The molecule has 2 atom stereocenters. The van der Waals surface area contributed by atoms with E-state index in [1.807, 2.05) is 59.5 Å². The van der Waals surface area contributed by atoms with Crippen LogP contribution in [0, 0.1) is 13.8 Å². The molecule has 32 heavy (non-hydrogen) atoms. The van der Waals surface area contributed by atoms with Crippen LogP contribution >= 0.6 is 12.2 Å². The maximum atomic E-state index is 10.7. The molecule has 0 bridgehead atoms. The van der Waals surface area contributed by atoms with Crippen molar-refractivity contribution in [2.75, 3.05) is 4.90 Å². The third-order valence-corrected chi connectivity index (χ3v) is 6.22. The number of rotatable bonds is 4. The van der Waals surface area contributed by atoms with Gasteiger partial charge in [-0.1, -0.05) is 24.3 Å². The zero-order valence-corrected chi connectivity index (χ0v) is 18.6. The van der Waals surface area contributed by atoms with E-state index >= 15 is 0 Å². The van der Waals surface area contributed by atoms with Gasteiger partial charge in [0.1, 0.15) is 11.6 Å². The minimum atomic E-state index is -0.200. The summed E-state index contributed by atoms with van der Waals surface area (Å²) in [6.07, 6.45) is 3.59. The smallest absolute Gasteiger partial charge is 0.174 e. The van der Waals surface area contributed by atoms with E-state index in [-0.39, 0.29) is 17.8 Å².